The number of benzene rings is 2. The molecule has 0 saturated carbocycles. The Kier molecular flexibility index (Phi) is 8.17. The van der Waals surface area contributed by atoms with E-state index in [-0.39, 0.29) is 29.4 Å². The van der Waals surface area contributed by atoms with Crippen LogP contribution in [0.3, 0.4) is 0 Å². The van der Waals surface area contributed by atoms with Gasteiger partial charge in [0.1, 0.15) is 10.8 Å². The monoisotopic (exact) mass is 534 g/mol. The average Bonchev–Trinajstić information content (AvgIpc) is 3.54. The van der Waals surface area contributed by atoms with Gasteiger partial charge < -0.3 is 19.8 Å². The van der Waals surface area contributed by atoms with Crippen molar-refractivity contribution < 1.29 is 18.7 Å². The Balaban J connectivity index is 1.19. The van der Waals surface area contributed by atoms with Gasteiger partial charge in [-0.25, -0.2) is 0 Å². The van der Waals surface area contributed by atoms with Gasteiger partial charge in [0.15, 0.2) is 6.61 Å². The van der Waals surface area contributed by atoms with Crippen molar-refractivity contribution in [3.63, 3.8) is 0 Å². The van der Waals surface area contributed by atoms with Gasteiger partial charge in [-0.1, -0.05) is 60.3 Å². The van der Waals surface area contributed by atoms with Crippen LogP contribution in [0.1, 0.15) is 45.1 Å². The molecule has 37 heavy (non-hydrogen) atoms. The van der Waals surface area contributed by atoms with E-state index in [4.69, 9.17) is 9.15 Å². The van der Waals surface area contributed by atoms with Gasteiger partial charge in [0.25, 0.3) is 17.0 Å². The zero-order valence-corrected chi connectivity index (χ0v) is 21.7. The summed E-state index contributed by atoms with van der Waals surface area (Å²) in [5.41, 5.74) is 2.67. The highest BCUT2D eigenvalue weighted by Crippen LogP contribution is 2.38. The molecular weight excluding hydrogens is 508 g/mol. The molecular formula is C27H26N4O4S2. The molecule has 2 aromatic heterocycles. The third-order valence-electron chi connectivity index (χ3n) is 5.83. The lowest BCUT2D eigenvalue weighted by Crippen LogP contribution is -2.25. The van der Waals surface area contributed by atoms with Crippen molar-refractivity contribution in [2.75, 3.05) is 11.1 Å². The van der Waals surface area contributed by atoms with Gasteiger partial charge in [-0.2, -0.15) is 0 Å². The molecule has 2 N–H and O–H groups in total. The van der Waals surface area contributed by atoms with Crippen LogP contribution in [0, 0.1) is 0 Å². The van der Waals surface area contributed by atoms with Gasteiger partial charge >= 0.3 is 0 Å². The molecule has 4 aromatic rings. The summed E-state index contributed by atoms with van der Waals surface area (Å²) in [6, 6.07) is 19.1. The largest absolute Gasteiger partial charge is 0.484 e. The van der Waals surface area contributed by atoms with E-state index in [1.54, 1.807) is 0 Å². The number of amides is 2. The predicted molar refractivity (Wildman–Crippen MR) is 143 cm³/mol. The average molecular weight is 535 g/mol. The number of aryl methyl sites for hydroxylation is 1. The maximum absolute atomic E-state index is 13.2. The summed E-state index contributed by atoms with van der Waals surface area (Å²) in [4.78, 5) is 27.2. The number of hydrogen-bond donors (Lipinski definition) is 2. The van der Waals surface area contributed by atoms with Crippen LogP contribution >= 0.6 is 23.1 Å². The number of aromatic nitrogens is 2. The zero-order chi connectivity index (χ0) is 25.5. The number of thiophene rings is 1. The van der Waals surface area contributed by atoms with Gasteiger partial charge in [-0.3, -0.25) is 9.59 Å². The minimum Gasteiger partial charge on any atom is -0.484 e. The van der Waals surface area contributed by atoms with Crippen molar-refractivity contribution in [2.45, 2.75) is 44.1 Å². The number of hydrogen-bond acceptors (Lipinski definition) is 8. The number of thioether (sulfide) groups is 1. The van der Waals surface area contributed by atoms with E-state index in [1.807, 2.05) is 60.7 Å². The molecule has 10 heteroatoms. The lowest BCUT2D eigenvalue weighted by Gasteiger charge is -2.13. The Morgan fingerprint density at radius 2 is 1.76 bits per heavy atom. The minimum atomic E-state index is -0.235. The Morgan fingerprint density at radius 3 is 2.57 bits per heavy atom. The highest BCUT2D eigenvalue weighted by Gasteiger charge is 2.26. The second-order valence-corrected chi connectivity index (χ2v) is 10.5. The molecule has 0 spiro atoms. The Hall–Kier alpha value is -3.63. The summed E-state index contributed by atoms with van der Waals surface area (Å²) in [6.45, 7) is 0.576. The summed E-state index contributed by atoms with van der Waals surface area (Å²) >= 11 is 2.64. The van der Waals surface area contributed by atoms with E-state index < -0.39 is 0 Å². The van der Waals surface area contributed by atoms with E-state index in [0.29, 0.717) is 28.7 Å². The number of ether oxygens (including phenoxy) is 1. The van der Waals surface area contributed by atoms with Crippen molar-refractivity contribution in [1.29, 1.82) is 0 Å². The van der Waals surface area contributed by atoms with Crippen LogP contribution in [0.15, 0.2) is 70.3 Å². The molecule has 0 bridgehead atoms. The normalized spacial score (nSPS) is 12.5. The smallest absolute Gasteiger partial charge is 0.277 e. The van der Waals surface area contributed by atoms with Gasteiger partial charge in [0, 0.05) is 11.4 Å². The third-order valence-corrected chi connectivity index (χ3v) is 7.85. The zero-order valence-electron chi connectivity index (χ0n) is 20.1. The summed E-state index contributed by atoms with van der Waals surface area (Å²) in [5.74, 6) is 0.716. The number of anilines is 1. The number of carbonyl (C=O) groups excluding carboxylic acids is 2. The van der Waals surface area contributed by atoms with Crippen LogP contribution in [0.2, 0.25) is 0 Å². The molecule has 0 unspecified atom stereocenters. The maximum Gasteiger partial charge on any atom is 0.277 e. The molecule has 2 aromatic carbocycles. The molecule has 1 aliphatic carbocycles. The Labute approximate surface area is 222 Å². The van der Waals surface area contributed by atoms with Crippen LogP contribution in [-0.2, 0) is 30.8 Å². The second kappa shape index (κ2) is 12.1. The van der Waals surface area contributed by atoms with Gasteiger partial charge in [-0.05, 0) is 48.9 Å². The fourth-order valence-corrected chi connectivity index (χ4v) is 5.95. The molecule has 2 heterocycles. The van der Waals surface area contributed by atoms with Crippen LogP contribution in [0.5, 0.6) is 5.75 Å². The van der Waals surface area contributed by atoms with Crippen molar-refractivity contribution in [1.82, 2.24) is 15.5 Å². The standard InChI is InChI=1S/C27H26N4O4S2/c32-22(17-36-27-31-30-23(35-27)16-34-19-11-5-2-6-12-19)29-26-24(20-13-7-8-14-21(20)37-26)25(33)28-15-18-9-3-1-4-10-18/h1-6,9-12H,7-8,13-17H2,(H,28,33)(H,29,32). The van der Waals surface area contributed by atoms with E-state index in [1.165, 1.54) is 16.2 Å². The number of nitrogens with one attached hydrogen (secondary N) is 2. The van der Waals surface area contributed by atoms with Gasteiger partial charge in [0.05, 0.1) is 11.3 Å². The summed E-state index contributed by atoms with van der Waals surface area (Å²) in [5, 5.41) is 14.8. The predicted octanol–water partition coefficient (Wildman–Crippen LogP) is 5.25. The van der Waals surface area contributed by atoms with Crippen molar-refractivity contribution in [3.8, 4) is 5.75 Å². The lowest BCUT2D eigenvalue weighted by atomic mass is 9.95. The Morgan fingerprint density at radius 1 is 1.00 bits per heavy atom. The first-order chi connectivity index (χ1) is 18.2. The van der Waals surface area contributed by atoms with E-state index in [9.17, 15) is 9.59 Å². The number of fused-ring (bicyclic) bond motifs is 1. The van der Waals surface area contributed by atoms with Crippen LogP contribution < -0.4 is 15.4 Å². The quantitative estimate of drug-likeness (QED) is 0.268. The number of nitrogens with zero attached hydrogens (tertiary/aromatic N) is 2. The van der Waals surface area contributed by atoms with Crippen molar-refractivity contribution in [2.24, 2.45) is 0 Å². The van der Waals surface area contributed by atoms with Crippen molar-refractivity contribution >= 4 is 39.9 Å². The summed E-state index contributed by atoms with van der Waals surface area (Å²) < 4.78 is 11.2. The topological polar surface area (TPSA) is 106 Å². The van der Waals surface area contributed by atoms with E-state index >= 15 is 0 Å². The maximum atomic E-state index is 13.2. The van der Waals surface area contributed by atoms with Crippen LogP contribution in [-0.4, -0.2) is 27.8 Å². The molecule has 0 fully saturated rings. The summed E-state index contributed by atoms with van der Waals surface area (Å²) in [7, 11) is 0. The molecule has 0 radical (unpaired) electrons. The second-order valence-electron chi connectivity index (χ2n) is 8.48. The molecule has 190 valence electrons. The highest BCUT2D eigenvalue weighted by atomic mass is 32.2. The fraction of sp³-hybridized carbons (Fsp3) is 0.259. The van der Waals surface area contributed by atoms with Crippen LogP contribution in [0.25, 0.3) is 0 Å². The molecule has 0 saturated heterocycles. The number of carbonyl (C=O) groups is 2. The van der Waals surface area contributed by atoms with E-state index in [0.717, 1.165) is 48.6 Å². The highest BCUT2D eigenvalue weighted by molar-refractivity contribution is 7.99. The summed E-state index contributed by atoms with van der Waals surface area (Å²) in [6.07, 6.45) is 3.91. The first kappa shape index (κ1) is 25.0. The molecule has 1 aliphatic rings. The molecule has 5 rings (SSSR count). The van der Waals surface area contributed by atoms with Crippen molar-refractivity contribution in [3.05, 3.63) is 88.1 Å². The SMILES string of the molecule is O=C(CSc1nnc(COc2ccccc2)o1)Nc1sc2c(c1C(=O)NCc1ccccc1)CCCC2. The van der Waals surface area contributed by atoms with Crippen LogP contribution in [0.4, 0.5) is 5.00 Å². The third kappa shape index (κ3) is 6.58. The first-order valence-corrected chi connectivity index (χ1v) is 13.9. The fourth-order valence-electron chi connectivity index (χ4n) is 4.07. The van der Waals surface area contributed by atoms with Gasteiger partial charge in [0.2, 0.25) is 5.91 Å². The number of rotatable bonds is 10. The molecule has 0 aliphatic heterocycles. The molecule has 0 atom stereocenters. The van der Waals surface area contributed by atoms with E-state index in [2.05, 4.69) is 20.8 Å². The first-order valence-electron chi connectivity index (χ1n) is 12.1. The number of para-hydroxylation sites is 1. The molecule has 2 amide bonds. The Bertz CT molecular complexity index is 1360. The lowest BCUT2D eigenvalue weighted by molar-refractivity contribution is -0.113. The van der Waals surface area contributed by atoms with Gasteiger partial charge in [-0.15, -0.1) is 21.5 Å². The minimum absolute atomic E-state index is 0.0782. The molecule has 8 nitrogen and oxygen atoms in total.